The van der Waals surface area contributed by atoms with Gasteiger partial charge in [-0.15, -0.1) is 0 Å². The van der Waals surface area contributed by atoms with Gasteiger partial charge in [-0.05, 0) is 47.5 Å². The number of aromatic nitrogens is 2. The van der Waals surface area contributed by atoms with Crippen LogP contribution in [0.5, 0.6) is 11.5 Å². The van der Waals surface area contributed by atoms with Gasteiger partial charge in [0, 0.05) is 39.6 Å². The Morgan fingerprint density at radius 3 is 2.19 bits per heavy atom. The molecule has 36 heavy (non-hydrogen) atoms. The average molecular weight is 471 g/mol. The first-order valence-electron chi connectivity index (χ1n) is 12.0. The second kappa shape index (κ2) is 8.82. The van der Waals surface area contributed by atoms with Gasteiger partial charge in [-0.25, -0.2) is 0 Å². The van der Waals surface area contributed by atoms with Crippen molar-refractivity contribution in [2.75, 3.05) is 7.11 Å². The molecule has 0 unspecified atom stereocenters. The minimum absolute atomic E-state index is 0.228. The number of aromatic hydroxyl groups is 1. The van der Waals surface area contributed by atoms with Gasteiger partial charge in [0.2, 0.25) is 0 Å². The van der Waals surface area contributed by atoms with Gasteiger partial charge in [-0.3, -0.25) is 0 Å². The zero-order chi connectivity index (χ0) is 24.5. The van der Waals surface area contributed by atoms with Crippen molar-refractivity contribution in [1.29, 1.82) is 0 Å². The summed E-state index contributed by atoms with van der Waals surface area (Å²) in [5, 5.41) is 11.3. The van der Waals surface area contributed by atoms with Crippen LogP contribution in [0, 0.1) is 0 Å². The fourth-order valence-electron chi connectivity index (χ4n) is 5.35. The molecule has 0 aliphatic rings. The molecule has 6 aromatic rings. The van der Waals surface area contributed by atoms with Crippen LogP contribution in [0.1, 0.15) is 22.4 Å². The third-order valence-electron chi connectivity index (χ3n) is 6.99. The van der Waals surface area contributed by atoms with Crippen molar-refractivity contribution in [3.63, 3.8) is 0 Å². The molecule has 6 rings (SSSR count). The summed E-state index contributed by atoms with van der Waals surface area (Å²) in [6.07, 6.45) is 2.05. The molecule has 0 radical (unpaired) electrons. The van der Waals surface area contributed by atoms with Crippen LogP contribution in [-0.4, -0.2) is 22.2 Å². The number of benzene rings is 4. The Hall–Kier alpha value is -4.70. The van der Waals surface area contributed by atoms with E-state index in [1.54, 1.807) is 19.2 Å². The summed E-state index contributed by atoms with van der Waals surface area (Å²) >= 11 is 0. The molecular formula is C32H26N2O2. The first kappa shape index (κ1) is 21.8. The molecule has 4 nitrogen and oxygen atoms in total. The van der Waals surface area contributed by atoms with Crippen molar-refractivity contribution < 1.29 is 9.84 Å². The summed E-state index contributed by atoms with van der Waals surface area (Å²) in [6, 6.07) is 38.6. The number of hydrogen-bond acceptors (Lipinski definition) is 2. The topological polar surface area (TPSA) is 61.0 Å². The smallest absolute Gasteiger partial charge is 0.123 e. The van der Waals surface area contributed by atoms with Gasteiger partial charge in [0.25, 0.3) is 0 Å². The summed E-state index contributed by atoms with van der Waals surface area (Å²) in [6.45, 7) is 0. The summed E-state index contributed by atoms with van der Waals surface area (Å²) < 4.78 is 5.91. The van der Waals surface area contributed by atoms with Gasteiger partial charge in [-0.2, -0.15) is 0 Å². The van der Waals surface area contributed by atoms with E-state index in [2.05, 4.69) is 70.6 Å². The van der Waals surface area contributed by atoms with Crippen molar-refractivity contribution in [3.05, 3.63) is 144 Å². The lowest BCUT2D eigenvalue weighted by Gasteiger charge is -2.36. The zero-order valence-corrected chi connectivity index (χ0v) is 19.9. The summed E-state index contributed by atoms with van der Waals surface area (Å²) in [5.74, 6) is 1.02. The molecule has 4 aromatic carbocycles. The predicted octanol–water partition coefficient (Wildman–Crippen LogP) is 7.26. The highest BCUT2D eigenvalue weighted by Crippen LogP contribution is 2.48. The van der Waals surface area contributed by atoms with E-state index in [-0.39, 0.29) is 5.75 Å². The van der Waals surface area contributed by atoms with Gasteiger partial charge in [0.05, 0.1) is 12.5 Å². The van der Waals surface area contributed by atoms with Crippen LogP contribution in [0.2, 0.25) is 0 Å². The van der Waals surface area contributed by atoms with Crippen molar-refractivity contribution >= 4 is 10.9 Å². The van der Waals surface area contributed by atoms with E-state index >= 15 is 0 Å². The van der Waals surface area contributed by atoms with E-state index < -0.39 is 5.41 Å². The second-order valence-electron chi connectivity index (χ2n) is 8.90. The molecule has 0 aliphatic heterocycles. The van der Waals surface area contributed by atoms with Gasteiger partial charge in [-0.1, -0.05) is 78.9 Å². The lowest BCUT2D eigenvalue weighted by atomic mass is 9.67. The maximum atomic E-state index is 10.1. The highest BCUT2D eigenvalue weighted by atomic mass is 16.5. The maximum Gasteiger partial charge on any atom is 0.123 e. The molecule has 0 saturated heterocycles. The molecule has 2 aromatic heterocycles. The number of rotatable bonds is 6. The Labute approximate surface area is 209 Å². The average Bonchev–Trinajstić information content (AvgIpc) is 3.59. The van der Waals surface area contributed by atoms with E-state index in [1.807, 2.05) is 48.7 Å². The van der Waals surface area contributed by atoms with Crippen LogP contribution in [0.15, 0.2) is 121 Å². The molecule has 0 bridgehead atoms. The first-order valence-corrected chi connectivity index (χ1v) is 12.0. The normalized spacial score (nSPS) is 12.9. The van der Waals surface area contributed by atoms with Crippen LogP contribution in [0.4, 0.5) is 0 Å². The molecule has 4 heteroatoms. The third kappa shape index (κ3) is 3.38. The third-order valence-corrected chi connectivity index (χ3v) is 6.99. The van der Waals surface area contributed by atoms with E-state index in [1.165, 1.54) is 0 Å². The standard InChI is InChI=1S/C32H26N2O2/c1-36-30-14-8-6-12-27(30)32(22-9-3-2-4-10-22,23-15-17-24(35)18-16-23)31-20-19-29(34-31)26-21-33-28-13-7-5-11-25(26)28/h2-21,33-35H,1H3/t32-/m1/s1. The van der Waals surface area contributed by atoms with Crippen molar-refractivity contribution in [2.45, 2.75) is 5.41 Å². The monoisotopic (exact) mass is 470 g/mol. The van der Waals surface area contributed by atoms with Crippen molar-refractivity contribution in [2.24, 2.45) is 0 Å². The van der Waals surface area contributed by atoms with E-state index in [0.29, 0.717) is 0 Å². The summed E-state index contributed by atoms with van der Waals surface area (Å²) in [5.41, 5.74) is 6.64. The molecule has 0 saturated carbocycles. The number of phenols is 1. The number of fused-ring (bicyclic) bond motifs is 1. The maximum absolute atomic E-state index is 10.1. The molecule has 0 amide bonds. The molecule has 0 fully saturated rings. The van der Waals surface area contributed by atoms with Crippen LogP contribution < -0.4 is 4.74 Å². The predicted molar refractivity (Wildman–Crippen MR) is 145 cm³/mol. The Bertz CT molecular complexity index is 1630. The fraction of sp³-hybridized carbons (Fsp3) is 0.0625. The molecule has 176 valence electrons. The Balaban J connectivity index is 1.68. The lowest BCUT2D eigenvalue weighted by molar-refractivity contribution is 0.404. The highest BCUT2D eigenvalue weighted by molar-refractivity contribution is 5.94. The van der Waals surface area contributed by atoms with E-state index in [9.17, 15) is 5.11 Å². The number of phenolic OH excluding ortho intramolecular Hbond substituents is 1. The van der Waals surface area contributed by atoms with Gasteiger partial charge >= 0.3 is 0 Å². The number of ether oxygens (including phenoxy) is 1. The van der Waals surface area contributed by atoms with Crippen LogP contribution >= 0.6 is 0 Å². The molecule has 1 atom stereocenters. The summed E-state index contributed by atoms with van der Waals surface area (Å²) in [4.78, 5) is 7.16. The number of hydrogen-bond donors (Lipinski definition) is 3. The van der Waals surface area contributed by atoms with Crippen LogP contribution in [0.25, 0.3) is 22.2 Å². The van der Waals surface area contributed by atoms with E-state index in [0.717, 1.165) is 50.3 Å². The minimum atomic E-state index is -0.716. The molecule has 2 heterocycles. The SMILES string of the molecule is COc1ccccc1[C@@](c1ccccc1)(c1ccc(O)cc1)c1ccc(-c2c[nH]c3ccccc23)[nH]1. The molecule has 0 aliphatic carbocycles. The van der Waals surface area contributed by atoms with Gasteiger partial charge in [0.15, 0.2) is 0 Å². The second-order valence-corrected chi connectivity index (χ2v) is 8.90. The number of methoxy groups -OCH3 is 1. The Morgan fingerprint density at radius 1 is 0.694 bits per heavy atom. The summed E-state index contributed by atoms with van der Waals surface area (Å²) in [7, 11) is 1.71. The minimum Gasteiger partial charge on any atom is -0.508 e. The molecule has 0 spiro atoms. The van der Waals surface area contributed by atoms with Crippen molar-refractivity contribution in [3.8, 4) is 22.8 Å². The quantitative estimate of drug-likeness (QED) is 0.224. The Kier molecular flexibility index (Phi) is 5.34. The first-order chi connectivity index (χ1) is 17.7. The van der Waals surface area contributed by atoms with Crippen LogP contribution in [-0.2, 0) is 5.41 Å². The number of nitrogens with one attached hydrogen (secondary N) is 2. The van der Waals surface area contributed by atoms with Gasteiger partial charge < -0.3 is 19.8 Å². The van der Waals surface area contributed by atoms with Crippen LogP contribution in [0.3, 0.4) is 0 Å². The number of para-hydroxylation sites is 2. The largest absolute Gasteiger partial charge is 0.508 e. The lowest BCUT2D eigenvalue weighted by Crippen LogP contribution is -2.32. The van der Waals surface area contributed by atoms with E-state index in [4.69, 9.17) is 4.74 Å². The zero-order valence-electron chi connectivity index (χ0n) is 19.9. The highest BCUT2D eigenvalue weighted by Gasteiger charge is 2.41. The number of aromatic amines is 2. The number of H-pyrrole nitrogens is 2. The molecular weight excluding hydrogens is 444 g/mol. The fourth-order valence-corrected chi connectivity index (χ4v) is 5.35. The van der Waals surface area contributed by atoms with Gasteiger partial charge in [0.1, 0.15) is 11.5 Å². The Morgan fingerprint density at radius 2 is 1.39 bits per heavy atom. The van der Waals surface area contributed by atoms with Crippen molar-refractivity contribution in [1.82, 2.24) is 9.97 Å². The molecule has 3 N–H and O–H groups in total.